The van der Waals surface area contributed by atoms with E-state index in [2.05, 4.69) is 17.1 Å². The molecule has 0 aromatic rings. The molecule has 4 heteroatoms. The lowest BCUT2D eigenvalue weighted by Crippen LogP contribution is -2.29. The summed E-state index contributed by atoms with van der Waals surface area (Å²) in [5.74, 6) is 0.461. The van der Waals surface area contributed by atoms with Crippen LogP contribution >= 0.6 is 11.6 Å². The molecule has 0 aromatic carbocycles. The summed E-state index contributed by atoms with van der Waals surface area (Å²) in [4.78, 5) is 4.19. The highest BCUT2D eigenvalue weighted by molar-refractivity contribution is 6.24. The van der Waals surface area contributed by atoms with Crippen LogP contribution in [0.1, 0.15) is 19.8 Å². The number of aliphatic imine (C=N–C) groups is 1. The monoisotopic (exact) mass is 248 g/mol. The molecule has 3 atom stereocenters. The van der Waals surface area contributed by atoms with Crippen molar-refractivity contribution >= 4 is 17.3 Å². The highest BCUT2D eigenvalue weighted by atomic mass is 35.5. The smallest absolute Gasteiger partial charge is 0.144 e. The second-order valence-corrected chi connectivity index (χ2v) is 5.12. The van der Waals surface area contributed by atoms with Gasteiger partial charge in [-0.3, -0.25) is 4.99 Å². The Labute approximate surface area is 105 Å². The van der Waals surface area contributed by atoms with E-state index in [1.807, 2.05) is 13.0 Å². The Bertz CT molecular complexity index is 500. The average Bonchev–Trinajstić information content (AvgIpc) is 3.03. The molecule has 0 radical (unpaired) electrons. The van der Waals surface area contributed by atoms with Gasteiger partial charge in [0.2, 0.25) is 0 Å². The maximum absolute atomic E-state index is 9.11. The van der Waals surface area contributed by atoms with Crippen LogP contribution in [0.4, 0.5) is 0 Å². The first-order valence-electron chi connectivity index (χ1n) is 5.89. The van der Waals surface area contributed by atoms with Gasteiger partial charge in [-0.25, -0.2) is 0 Å². The second-order valence-electron chi connectivity index (χ2n) is 4.61. The Balaban J connectivity index is 2.06. The minimum absolute atomic E-state index is 0.177. The summed E-state index contributed by atoms with van der Waals surface area (Å²) in [6.07, 6.45) is 5.85. The minimum atomic E-state index is -0.325. The first kappa shape index (κ1) is 11.0. The molecule has 3 aliphatic rings. The van der Waals surface area contributed by atoms with Crippen molar-refractivity contribution in [3.05, 3.63) is 23.3 Å². The molecule has 0 N–H and O–H groups in total. The maximum Gasteiger partial charge on any atom is 0.144 e. The topological polar surface area (TPSA) is 45.4 Å². The summed E-state index contributed by atoms with van der Waals surface area (Å²) < 4.78 is 5.92. The standard InChI is InChI=1S/C13H13ClN2O/c1-2-17-13-6-8(13)3-4-9-10(13)5-12(14)16-11(9)7-15/h3-4,8,12H,2,5-6H2,1H3. The molecule has 0 spiro atoms. The van der Waals surface area contributed by atoms with Crippen molar-refractivity contribution in [1.29, 1.82) is 5.26 Å². The number of rotatable bonds is 2. The highest BCUT2D eigenvalue weighted by Crippen LogP contribution is 2.58. The van der Waals surface area contributed by atoms with Gasteiger partial charge < -0.3 is 4.74 Å². The molecule has 17 heavy (non-hydrogen) atoms. The van der Waals surface area contributed by atoms with Crippen molar-refractivity contribution in [2.24, 2.45) is 10.9 Å². The van der Waals surface area contributed by atoms with E-state index >= 15 is 0 Å². The summed E-state index contributed by atoms with van der Waals surface area (Å²) in [5, 5.41) is 9.11. The number of alkyl halides is 1. The van der Waals surface area contributed by atoms with Crippen LogP contribution in [-0.2, 0) is 4.74 Å². The van der Waals surface area contributed by atoms with Gasteiger partial charge in [-0.05, 0) is 18.9 Å². The number of halogens is 1. The van der Waals surface area contributed by atoms with E-state index in [9.17, 15) is 0 Å². The van der Waals surface area contributed by atoms with Gasteiger partial charge in [0, 0.05) is 24.5 Å². The maximum atomic E-state index is 9.11. The SMILES string of the molecule is CCOC12CC1C=CC1=C2CC(Cl)N=C1C#N. The molecule has 2 aliphatic carbocycles. The molecule has 1 saturated carbocycles. The Hall–Kier alpha value is -1.11. The molecule has 1 heterocycles. The molecule has 0 bridgehead atoms. The largest absolute Gasteiger partial charge is 0.370 e. The first-order valence-corrected chi connectivity index (χ1v) is 6.33. The number of dihydropyridines is 1. The van der Waals surface area contributed by atoms with Gasteiger partial charge in [0.25, 0.3) is 0 Å². The lowest BCUT2D eigenvalue weighted by Gasteiger charge is -2.29. The molecule has 3 nitrogen and oxygen atoms in total. The van der Waals surface area contributed by atoms with E-state index in [4.69, 9.17) is 21.6 Å². The molecule has 0 saturated heterocycles. The molecular weight excluding hydrogens is 236 g/mol. The molecule has 1 fully saturated rings. The molecule has 0 amide bonds. The number of fused-ring (bicyclic) bond motifs is 2. The fraction of sp³-hybridized carbons (Fsp3) is 0.538. The summed E-state index contributed by atoms with van der Waals surface area (Å²) in [5.41, 5.74) is 2.06. The number of nitriles is 1. The van der Waals surface area contributed by atoms with Crippen molar-refractivity contribution in [3.8, 4) is 6.07 Å². The summed E-state index contributed by atoms with van der Waals surface area (Å²) >= 11 is 6.10. The fourth-order valence-corrected chi connectivity index (χ4v) is 3.16. The van der Waals surface area contributed by atoms with Crippen molar-refractivity contribution < 1.29 is 4.74 Å². The van der Waals surface area contributed by atoms with Crippen molar-refractivity contribution in [1.82, 2.24) is 0 Å². The van der Waals surface area contributed by atoms with Crippen LogP contribution in [0.5, 0.6) is 0 Å². The third-order valence-electron chi connectivity index (χ3n) is 3.70. The zero-order chi connectivity index (χ0) is 12.0. The zero-order valence-corrected chi connectivity index (χ0v) is 10.4. The van der Waals surface area contributed by atoms with Gasteiger partial charge in [-0.1, -0.05) is 23.8 Å². The highest BCUT2D eigenvalue weighted by Gasteiger charge is 2.59. The minimum Gasteiger partial charge on any atom is -0.370 e. The normalized spacial score (nSPS) is 38.1. The van der Waals surface area contributed by atoms with E-state index in [0.29, 0.717) is 24.7 Å². The lowest BCUT2D eigenvalue weighted by atomic mass is 9.87. The lowest BCUT2D eigenvalue weighted by molar-refractivity contribution is 0.0573. The summed E-state index contributed by atoms with van der Waals surface area (Å²) in [6, 6.07) is 2.13. The van der Waals surface area contributed by atoms with E-state index in [1.165, 1.54) is 5.57 Å². The fourth-order valence-electron chi connectivity index (χ4n) is 2.91. The van der Waals surface area contributed by atoms with Crippen LogP contribution in [0.15, 0.2) is 28.3 Å². The Morgan fingerprint density at radius 2 is 2.53 bits per heavy atom. The van der Waals surface area contributed by atoms with Gasteiger partial charge in [0.1, 0.15) is 17.3 Å². The van der Waals surface area contributed by atoms with Gasteiger partial charge in [0.15, 0.2) is 0 Å². The predicted molar refractivity (Wildman–Crippen MR) is 65.9 cm³/mol. The Kier molecular flexibility index (Phi) is 2.39. The third kappa shape index (κ3) is 1.48. The van der Waals surface area contributed by atoms with Crippen LogP contribution in [0.25, 0.3) is 0 Å². The van der Waals surface area contributed by atoms with E-state index in [-0.39, 0.29) is 11.1 Å². The number of allylic oxidation sites excluding steroid dienone is 2. The number of hydrogen-bond donors (Lipinski definition) is 0. The molecule has 1 aliphatic heterocycles. The predicted octanol–water partition coefficient (Wildman–Crippen LogP) is 2.58. The van der Waals surface area contributed by atoms with Gasteiger partial charge >= 0.3 is 0 Å². The summed E-state index contributed by atoms with van der Waals surface area (Å²) in [6.45, 7) is 2.69. The molecular formula is C13H13ClN2O. The molecule has 0 aromatic heterocycles. The van der Waals surface area contributed by atoms with Crippen molar-refractivity contribution in [3.63, 3.8) is 0 Å². The van der Waals surface area contributed by atoms with Crippen LogP contribution in [-0.4, -0.2) is 23.4 Å². The average molecular weight is 249 g/mol. The number of hydrogen-bond acceptors (Lipinski definition) is 3. The van der Waals surface area contributed by atoms with Crippen LogP contribution in [0, 0.1) is 17.2 Å². The van der Waals surface area contributed by atoms with Gasteiger partial charge in [-0.2, -0.15) is 5.26 Å². The first-order chi connectivity index (χ1) is 8.21. The second kappa shape index (κ2) is 3.69. The Morgan fingerprint density at radius 1 is 1.71 bits per heavy atom. The molecule has 3 unspecified atom stereocenters. The Morgan fingerprint density at radius 3 is 3.24 bits per heavy atom. The number of ether oxygens (including phenoxy) is 1. The van der Waals surface area contributed by atoms with E-state index in [1.54, 1.807) is 0 Å². The molecule has 3 rings (SSSR count). The quantitative estimate of drug-likeness (QED) is 0.557. The van der Waals surface area contributed by atoms with Crippen molar-refractivity contribution in [2.45, 2.75) is 30.9 Å². The number of nitrogens with zero attached hydrogens (tertiary/aromatic N) is 2. The molecule has 88 valence electrons. The zero-order valence-electron chi connectivity index (χ0n) is 9.61. The van der Waals surface area contributed by atoms with Crippen LogP contribution < -0.4 is 0 Å². The van der Waals surface area contributed by atoms with E-state index < -0.39 is 0 Å². The third-order valence-corrected chi connectivity index (χ3v) is 3.95. The van der Waals surface area contributed by atoms with Crippen molar-refractivity contribution in [2.75, 3.05) is 6.61 Å². The van der Waals surface area contributed by atoms with Crippen LogP contribution in [0.3, 0.4) is 0 Å². The van der Waals surface area contributed by atoms with Gasteiger partial charge in [0.05, 0.1) is 5.60 Å². The van der Waals surface area contributed by atoms with Crippen LogP contribution in [0.2, 0.25) is 0 Å². The summed E-state index contributed by atoms with van der Waals surface area (Å²) in [7, 11) is 0. The van der Waals surface area contributed by atoms with Gasteiger partial charge in [-0.15, -0.1) is 0 Å². The van der Waals surface area contributed by atoms with E-state index in [0.717, 1.165) is 12.0 Å².